The second-order valence-electron chi connectivity index (χ2n) is 8.52. The van der Waals surface area contributed by atoms with Gasteiger partial charge in [-0.25, -0.2) is 0 Å². The third kappa shape index (κ3) is 5.28. The molecule has 1 saturated heterocycles. The minimum atomic E-state index is 0. The van der Waals surface area contributed by atoms with Crippen molar-refractivity contribution >= 4 is 29.1 Å². The Morgan fingerprint density at radius 2 is 1.71 bits per heavy atom. The van der Waals surface area contributed by atoms with Crippen LogP contribution in [0, 0.1) is 5.92 Å². The van der Waals surface area contributed by atoms with E-state index in [0.29, 0.717) is 24.2 Å². The Morgan fingerprint density at radius 1 is 1.00 bits per heavy atom. The fraction of sp³-hybridized carbons (Fsp3) is 0.370. The van der Waals surface area contributed by atoms with Gasteiger partial charge in [-0.1, -0.05) is 79.7 Å². The topological polar surface area (TPSA) is 32.3 Å². The van der Waals surface area contributed by atoms with Crippen molar-refractivity contribution in [3.05, 3.63) is 83.9 Å². The van der Waals surface area contributed by atoms with Crippen molar-refractivity contribution in [2.75, 3.05) is 19.6 Å². The summed E-state index contributed by atoms with van der Waals surface area (Å²) in [5.41, 5.74) is 2.68. The van der Waals surface area contributed by atoms with Crippen molar-refractivity contribution < 1.29 is 4.79 Å². The fourth-order valence-electron chi connectivity index (χ4n) is 4.80. The van der Waals surface area contributed by atoms with Gasteiger partial charge in [0.1, 0.15) is 0 Å². The van der Waals surface area contributed by atoms with E-state index in [9.17, 15) is 4.79 Å². The van der Waals surface area contributed by atoms with Crippen molar-refractivity contribution in [1.82, 2.24) is 10.2 Å². The van der Waals surface area contributed by atoms with Gasteiger partial charge in [0.25, 0.3) is 0 Å². The van der Waals surface area contributed by atoms with Gasteiger partial charge in [-0.05, 0) is 41.2 Å². The highest BCUT2D eigenvalue weighted by atomic mass is 35.5. The van der Waals surface area contributed by atoms with Crippen molar-refractivity contribution in [1.29, 1.82) is 0 Å². The third-order valence-electron chi connectivity index (χ3n) is 6.46. The Morgan fingerprint density at radius 3 is 2.48 bits per heavy atom. The summed E-state index contributed by atoms with van der Waals surface area (Å²) in [5.74, 6) is 1.10. The first-order valence-corrected chi connectivity index (χ1v) is 11.2. The number of carbonyl (C=O) groups excluding carboxylic acids is 1. The van der Waals surface area contributed by atoms with Crippen molar-refractivity contribution in [3.8, 4) is 0 Å². The SMILES string of the molecule is CCCC(=O)N1CC(CN[C@H](C)c2cccc3ccccc23)C(c2ccccc2)C1.Cl. The Balaban J connectivity index is 0.00000272. The van der Waals surface area contributed by atoms with Gasteiger partial charge in [-0.3, -0.25) is 4.79 Å². The molecule has 1 fully saturated rings. The van der Waals surface area contributed by atoms with E-state index in [1.165, 1.54) is 21.9 Å². The first-order valence-electron chi connectivity index (χ1n) is 11.2. The molecule has 0 bridgehead atoms. The molecule has 1 N–H and O–H groups in total. The molecular weight excluding hydrogens is 404 g/mol. The fourth-order valence-corrected chi connectivity index (χ4v) is 4.80. The zero-order chi connectivity index (χ0) is 20.9. The molecule has 31 heavy (non-hydrogen) atoms. The number of rotatable bonds is 7. The van der Waals surface area contributed by atoms with Crippen LogP contribution in [0.4, 0.5) is 0 Å². The third-order valence-corrected chi connectivity index (χ3v) is 6.46. The van der Waals surface area contributed by atoms with Crippen LogP contribution in [-0.4, -0.2) is 30.4 Å². The lowest BCUT2D eigenvalue weighted by atomic mass is 9.88. The van der Waals surface area contributed by atoms with Gasteiger partial charge in [0.15, 0.2) is 0 Å². The highest BCUT2D eigenvalue weighted by molar-refractivity contribution is 5.86. The first-order chi connectivity index (χ1) is 14.7. The van der Waals surface area contributed by atoms with Crippen LogP contribution < -0.4 is 5.32 Å². The van der Waals surface area contributed by atoms with Gasteiger partial charge in [0.05, 0.1) is 0 Å². The highest BCUT2D eigenvalue weighted by Gasteiger charge is 2.35. The van der Waals surface area contributed by atoms with Crippen LogP contribution in [0.1, 0.15) is 49.8 Å². The van der Waals surface area contributed by atoms with Crippen LogP contribution in [0.5, 0.6) is 0 Å². The maximum atomic E-state index is 12.6. The monoisotopic (exact) mass is 436 g/mol. The van der Waals surface area contributed by atoms with E-state index in [-0.39, 0.29) is 18.4 Å². The smallest absolute Gasteiger partial charge is 0.222 e. The van der Waals surface area contributed by atoms with Crippen LogP contribution in [0.15, 0.2) is 72.8 Å². The van der Waals surface area contributed by atoms with Crippen LogP contribution >= 0.6 is 12.4 Å². The van der Waals surface area contributed by atoms with Crippen molar-refractivity contribution in [2.24, 2.45) is 5.92 Å². The standard InChI is InChI=1S/C27H32N2O.ClH/c1-3-10-27(30)29-18-23(26(19-29)22-11-5-4-6-12-22)17-28-20(2)24-16-9-14-21-13-7-8-15-25(21)24;/h4-9,11-16,20,23,26,28H,3,10,17-19H2,1-2H3;1H/t20-,23?,26?;/m1./s1. The average Bonchev–Trinajstić information content (AvgIpc) is 3.22. The largest absolute Gasteiger partial charge is 0.342 e. The second-order valence-corrected chi connectivity index (χ2v) is 8.52. The predicted octanol–water partition coefficient (Wildman–Crippen LogP) is 5.95. The van der Waals surface area contributed by atoms with Gasteiger partial charge in [-0.15, -0.1) is 12.4 Å². The quantitative estimate of drug-likeness (QED) is 0.496. The second kappa shape index (κ2) is 10.8. The molecule has 164 valence electrons. The summed E-state index contributed by atoms with van der Waals surface area (Å²) in [7, 11) is 0. The lowest BCUT2D eigenvalue weighted by Gasteiger charge is -2.23. The molecule has 3 aromatic rings. The number of fused-ring (bicyclic) bond motifs is 1. The van der Waals surface area contributed by atoms with Crippen LogP contribution in [0.2, 0.25) is 0 Å². The van der Waals surface area contributed by atoms with Gasteiger partial charge in [0.2, 0.25) is 5.91 Å². The lowest BCUT2D eigenvalue weighted by Crippen LogP contribution is -2.31. The maximum Gasteiger partial charge on any atom is 0.222 e. The minimum absolute atomic E-state index is 0. The van der Waals surface area contributed by atoms with Crippen LogP contribution in [0.3, 0.4) is 0 Å². The normalized spacial score (nSPS) is 19.2. The first kappa shape index (κ1) is 23.3. The number of benzene rings is 3. The highest BCUT2D eigenvalue weighted by Crippen LogP contribution is 2.33. The Labute approximate surface area is 192 Å². The van der Waals surface area contributed by atoms with E-state index >= 15 is 0 Å². The number of carbonyl (C=O) groups is 1. The van der Waals surface area contributed by atoms with E-state index < -0.39 is 0 Å². The summed E-state index contributed by atoms with van der Waals surface area (Å²) < 4.78 is 0. The summed E-state index contributed by atoms with van der Waals surface area (Å²) in [6.45, 7) is 6.90. The number of halogens is 1. The van der Waals surface area contributed by atoms with Crippen molar-refractivity contribution in [2.45, 2.75) is 38.6 Å². The molecule has 0 radical (unpaired) electrons. The van der Waals surface area contributed by atoms with Gasteiger partial charge < -0.3 is 10.2 Å². The molecule has 3 atom stereocenters. The Kier molecular flexibility index (Phi) is 8.11. The Bertz CT molecular complexity index is 985. The molecule has 1 aliphatic heterocycles. The molecule has 0 spiro atoms. The lowest BCUT2D eigenvalue weighted by molar-refractivity contribution is -0.130. The zero-order valence-electron chi connectivity index (χ0n) is 18.5. The number of nitrogens with zero attached hydrogens (tertiary/aromatic N) is 1. The Hall–Kier alpha value is -2.36. The summed E-state index contributed by atoms with van der Waals surface area (Å²) in [6, 6.07) is 26.1. The molecule has 3 aromatic carbocycles. The molecule has 1 amide bonds. The number of amides is 1. The van der Waals surface area contributed by atoms with Gasteiger partial charge in [-0.2, -0.15) is 0 Å². The van der Waals surface area contributed by atoms with E-state index in [0.717, 1.165) is 26.1 Å². The summed E-state index contributed by atoms with van der Waals surface area (Å²) in [6.07, 6.45) is 1.56. The van der Waals surface area contributed by atoms with Gasteiger partial charge >= 0.3 is 0 Å². The summed E-state index contributed by atoms with van der Waals surface area (Å²) >= 11 is 0. The molecule has 0 aliphatic carbocycles. The molecule has 0 saturated carbocycles. The molecule has 3 nitrogen and oxygen atoms in total. The van der Waals surface area contributed by atoms with Crippen LogP contribution in [0.25, 0.3) is 10.8 Å². The van der Waals surface area contributed by atoms with Crippen molar-refractivity contribution in [3.63, 3.8) is 0 Å². The number of nitrogens with one attached hydrogen (secondary N) is 1. The molecule has 0 aromatic heterocycles. The minimum Gasteiger partial charge on any atom is -0.342 e. The molecular formula is C27H33ClN2O. The maximum absolute atomic E-state index is 12.6. The molecule has 1 aliphatic rings. The number of hydrogen-bond acceptors (Lipinski definition) is 2. The van der Waals surface area contributed by atoms with Crippen LogP contribution in [-0.2, 0) is 4.79 Å². The molecule has 1 heterocycles. The summed E-state index contributed by atoms with van der Waals surface area (Å²) in [5, 5.41) is 6.38. The van der Waals surface area contributed by atoms with E-state index in [2.05, 4.69) is 96.9 Å². The molecule has 2 unspecified atom stereocenters. The summed E-state index contributed by atoms with van der Waals surface area (Å²) in [4.78, 5) is 14.7. The predicted molar refractivity (Wildman–Crippen MR) is 132 cm³/mol. The molecule has 4 rings (SSSR count). The van der Waals surface area contributed by atoms with E-state index in [4.69, 9.17) is 0 Å². The van der Waals surface area contributed by atoms with E-state index in [1.807, 2.05) is 0 Å². The number of hydrogen-bond donors (Lipinski definition) is 1. The molecule has 4 heteroatoms. The van der Waals surface area contributed by atoms with E-state index in [1.54, 1.807) is 0 Å². The van der Waals surface area contributed by atoms with Gasteiger partial charge in [0, 0.05) is 38.0 Å². The average molecular weight is 437 g/mol. The number of likely N-dealkylation sites (tertiary alicyclic amines) is 1. The zero-order valence-corrected chi connectivity index (χ0v) is 19.3.